The Morgan fingerprint density at radius 2 is 1.91 bits per heavy atom. The lowest BCUT2D eigenvalue weighted by atomic mass is 10.3. The van der Waals surface area contributed by atoms with Crippen LogP contribution in [0.3, 0.4) is 0 Å². The second-order valence-corrected chi connectivity index (χ2v) is 6.24. The van der Waals surface area contributed by atoms with Crippen LogP contribution in [0.4, 0.5) is 5.69 Å². The van der Waals surface area contributed by atoms with Crippen LogP contribution in [0.15, 0.2) is 52.1 Å². The Hall–Kier alpha value is -1.69. The molecule has 7 heteroatoms. The summed E-state index contributed by atoms with van der Waals surface area (Å²) in [5, 5.41) is 4.12. The standard InChI is InChI=1S/C15H10Cl2N2O2S/c16-9-5-10(17)7-11(6-9)18-14(20)8-22-15-19-12-3-1-2-4-13(12)21-15/h1-7H,8H2,(H,18,20). The number of aromatic nitrogens is 1. The van der Waals surface area contributed by atoms with Crippen LogP contribution in [0.2, 0.25) is 10.0 Å². The largest absolute Gasteiger partial charge is 0.431 e. The third kappa shape index (κ3) is 3.74. The van der Waals surface area contributed by atoms with Gasteiger partial charge >= 0.3 is 0 Å². The van der Waals surface area contributed by atoms with E-state index in [0.717, 1.165) is 5.52 Å². The van der Waals surface area contributed by atoms with E-state index < -0.39 is 0 Å². The number of anilines is 1. The average molecular weight is 353 g/mol. The zero-order chi connectivity index (χ0) is 15.5. The van der Waals surface area contributed by atoms with Gasteiger partial charge in [-0.2, -0.15) is 0 Å². The number of carbonyl (C=O) groups is 1. The van der Waals surface area contributed by atoms with Crippen LogP contribution < -0.4 is 5.32 Å². The molecule has 0 radical (unpaired) electrons. The van der Waals surface area contributed by atoms with E-state index in [0.29, 0.717) is 26.5 Å². The summed E-state index contributed by atoms with van der Waals surface area (Å²) in [4.78, 5) is 16.2. The van der Waals surface area contributed by atoms with Crippen molar-refractivity contribution in [1.82, 2.24) is 4.98 Å². The minimum Gasteiger partial charge on any atom is -0.431 e. The highest BCUT2D eigenvalue weighted by atomic mass is 35.5. The number of amides is 1. The van der Waals surface area contributed by atoms with E-state index >= 15 is 0 Å². The molecule has 0 spiro atoms. The van der Waals surface area contributed by atoms with Gasteiger partial charge in [-0.25, -0.2) is 4.98 Å². The molecule has 4 nitrogen and oxygen atoms in total. The molecule has 112 valence electrons. The minimum atomic E-state index is -0.189. The first-order chi connectivity index (χ1) is 10.6. The van der Waals surface area contributed by atoms with Crippen LogP contribution in [0.1, 0.15) is 0 Å². The summed E-state index contributed by atoms with van der Waals surface area (Å²) in [5.41, 5.74) is 2.03. The maximum Gasteiger partial charge on any atom is 0.257 e. The zero-order valence-corrected chi connectivity index (χ0v) is 13.5. The monoisotopic (exact) mass is 352 g/mol. The number of oxazole rings is 1. The number of hydrogen-bond donors (Lipinski definition) is 1. The summed E-state index contributed by atoms with van der Waals surface area (Å²) in [6, 6.07) is 12.3. The van der Waals surface area contributed by atoms with Crippen molar-refractivity contribution in [2.45, 2.75) is 5.22 Å². The van der Waals surface area contributed by atoms with Crippen LogP contribution in [0, 0.1) is 0 Å². The van der Waals surface area contributed by atoms with Gasteiger partial charge in [0.25, 0.3) is 5.22 Å². The zero-order valence-electron chi connectivity index (χ0n) is 11.2. The van der Waals surface area contributed by atoms with Gasteiger partial charge in [0, 0.05) is 15.7 Å². The van der Waals surface area contributed by atoms with Crippen LogP contribution in [0.25, 0.3) is 11.1 Å². The molecule has 0 aliphatic heterocycles. The molecule has 22 heavy (non-hydrogen) atoms. The number of carbonyl (C=O) groups excluding carboxylic acids is 1. The van der Waals surface area contributed by atoms with Gasteiger partial charge in [-0.3, -0.25) is 4.79 Å². The number of rotatable bonds is 4. The van der Waals surface area contributed by atoms with E-state index in [1.807, 2.05) is 24.3 Å². The van der Waals surface area contributed by atoms with Crippen LogP contribution in [0.5, 0.6) is 0 Å². The van der Waals surface area contributed by atoms with Gasteiger partial charge < -0.3 is 9.73 Å². The predicted molar refractivity (Wildman–Crippen MR) is 89.8 cm³/mol. The average Bonchev–Trinajstić information content (AvgIpc) is 2.87. The lowest BCUT2D eigenvalue weighted by molar-refractivity contribution is -0.113. The van der Waals surface area contributed by atoms with Gasteiger partial charge in [-0.1, -0.05) is 47.1 Å². The van der Waals surface area contributed by atoms with Crippen LogP contribution in [-0.4, -0.2) is 16.6 Å². The van der Waals surface area contributed by atoms with E-state index in [1.54, 1.807) is 18.2 Å². The molecule has 1 amide bonds. The molecule has 1 N–H and O–H groups in total. The summed E-state index contributed by atoms with van der Waals surface area (Å²) in [6.45, 7) is 0. The Labute approximate surface area is 140 Å². The first-order valence-electron chi connectivity index (χ1n) is 6.34. The third-order valence-corrected chi connectivity index (χ3v) is 4.01. The van der Waals surface area contributed by atoms with Gasteiger partial charge in [-0.05, 0) is 30.3 Å². The molecule has 2 aromatic carbocycles. The lowest BCUT2D eigenvalue weighted by Gasteiger charge is -2.05. The highest BCUT2D eigenvalue weighted by molar-refractivity contribution is 7.99. The fraction of sp³-hybridized carbons (Fsp3) is 0.0667. The lowest BCUT2D eigenvalue weighted by Crippen LogP contribution is -2.13. The van der Waals surface area contributed by atoms with E-state index in [-0.39, 0.29) is 11.7 Å². The molecule has 0 saturated carbocycles. The Balaban J connectivity index is 1.62. The molecular formula is C15H10Cl2N2O2S. The first kappa shape index (κ1) is 15.2. The van der Waals surface area contributed by atoms with Crippen LogP contribution >= 0.6 is 35.0 Å². The second-order valence-electron chi connectivity index (χ2n) is 4.44. The van der Waals surface area contributed by atoms with E-state index in [9.17, 15) is 4.79 Å². The first-order valence-corrected chi connectivity index (χ1v) is 8.08. The number of halogens is 2. The quantitative estimate of drug-likeness (QED) is 0.680. The second kappa shape index (κ2) is 6.60. The summed E-state index contributed by atoms with van der Waals surface area (Å²) in [5.74, 6) is -0.0117. The van der Waals surface area contributed by atoms with Gasteiger partial charge in [0.2, 0.25) is 5.91 Å². The highest BCUT2D eigenvalue weighted by Gasteiger charge is 2.10. The molecule has 0 aliphatic carbocycles. The molecule has 3 rings (SSSR count). The van der Waals surface area contributed by atoms with Crippen molar-refractivity contribution in [2.75, 3.05) is 11.1 Å². The van der Waals surface area contributed by atoms with E-state index in [4.69, 9.17) is 27.6 Å². The van der Waals surface area contributed by atoms with Crippen molar-refractivity contribution < 1.29 is 9.21 Å². The molecule has 0 aliphatic rings. The predicted octanol–water partition coefficient (Wildman–Crippen LogP) is 4.87. The molecule has 0 saturated heterocycles. The highest BCUT2D eigenvalue weighted by Crippen LogP contribution is 2.25. The summed E-state index contributed by atoms with van der Waals surface area (Å²) >= 11 is 13.0. The fourth-order valence-corrected chi connectivity index (χ4v) is 3.03. The molecule has 0 unspecified atom stereocenters. The van der Waals surface area contributed by atoms with Crippen molar-refractivity contribution in [3.8, 4) is 0 Å². The van der Waals surface area contributed by atoms with Crippen molar-refractivity contribution in [1.29, 1.82) is 0 Å². The van der Waals surface area contributed by atoms with Gasteiger partial charge in [-0.15, -0.1) is 0 Å². The Morgan fingerprint density at radius 1 is 1.18 bits per heavy atom. The van der Waals surface area contributed by atoms with E-state index in [1.165, 1.54) is 11.8 Å². The Morgan fingerprint density at radius 3 is 2.64 bits per heavy atom. The van der Waals surface area contributed by atoms with Crippen molar-refractivity contribution in [2.24, 2.45) is 0 Å². The van der Waals surface area contributed by atoms with Gasteiger partial charge in [0.15, 0.2) is 5.58 Å². The molecular weight excluding hydrogens is 343 g/mol. The van der Waals surface area contributed by atoms with Crippen molar-refractivity contribution >= 4 is 57.7 Å². The number of fused-ring (bicyclic) bond motifs is 1. The number of hydrogen-bond acceptors (Lipinski definition) is 4. The molecule has 0 bridgehead atoms. The number of nitrogens with zero attached hydrogens (tertiary/aromatic N) is 1. The summed E-state index contributed by atoms with van der Waals surface area (Å²) in [6.07, 6.45) is 0. The number of nitrogens with one attached hydrogen (secondary N) is 1. The fourth-order valence-electron chi connectivity index (χ4n) is 1.86. The van der Waals surface area contributed by atoms with Crippen molar-refractivity contribution in [3.63, 3.8) is 0 Å². The van der Waals surface area contributed by atoms with Crippen molar-refractivity contribution in [3.05, 3.63) is 52.5 Å². The normalized spacial score (nSPS) is 10.8. The molecule has 1 heterocycles. The third-order valence-electron chi connectivity index (χ3n) is 2.75. The smallest absolute Gasteiger partial charge is 0.257 e. The Kier molecular flexibility index (Phi) is 4.57. The maximum absolute atomic E-state index is 11.9. The number of para-hydroxylation sites is 2. The molecule has 3 aromatic rings. The van der Waals surface area contributed by atoms with Gasteiger partial charge in [0.05, 0.1) is 5.75 Å². The number of benzene rings is 2. The van der Waals surface area contributed by atoms with Crippen LogP contribution in [-0.2, 0) is 4.79 Å². The molecule has 1 aromatic heterocycles. The minimum absolute atomic E-state index is 0.178. The van der Waals surface area contributed by atoms with Gasteiger partial charge in [0.1, 0.15) is 5.52 Å². The molecule has 0 fully saturated rings. The summed E-state index contributed by atoms with van der Waals surface area (Å²) < 4.78 is 5.54. The summed E-state index contributed by atoms with van der Waals surface area (Å²) in [7, 11) is 0. The maximum atomic E-state index is 11.9. The Bertz CT molecular complexity index is 782. The SMILES string of the molecule is O=C(CSc1nc2ccccc2o1)Nc1cc(Cl)cc(Cl)c1. The molecule has 0 atom stereocenters. The number of thioether (sulfide) groups is 1. The van der Waals surface area contributed by atoms with E-state index in [2.05, 4.69) is 10.3 Å². The topological polar surface area (TPSA) is 55.1 Å².